The minimum atomic E-state index is 0.109. The van der Waals surface area contributed by atoms with Gasteiger partial charge in [-0.05, 0) is 37.1 Å². The molecule has 1 rings (SSSR count). The summed E-state index contributed by atoms with van der Waals surface area (Å²) in [5.74, 6) is 1.94. The van der Waals surface area contributed by atoms with Crippen molar-refractivity contribution in [3.8, 4) is 0 Å². The van der Waals surface area contributed by atoms with E-state index in [1.54, 1.807) is 0 Å². The van der Waals surface area contributed by atoms with Crippen LogP contribution in [0.2, 0.25) is 0 Å². The molecule has 0 spiro atoms. The van der Waals surface area contributed by atoms with Crippen molar-refractivity contribution in [3.63, 3.8) is 0 Å². The number of hydrogen-bond acceptors (Lipinski definition) is 2. The van der Waals surface area contributed by atoms with Gasteiger partial charge >= 0.3 is 0 Å². The Hall–Kier alpha value is -0.570. The number of nitrogens with two attached hydrogens (primary N) is 1. The highest BCUT2D eigenvalue weighted by Gasteiger charge is 2.27. The SMILES string of the molecule is CC(C)C(C)C(=O)NCC1CCCC1CN. The first kappa shape index (κ1) is 13.5. The predicted octanol–water partition coefficient (Wildman–Crippen LogP) is 1.77. The molecular formula is C13H26N2O. The molecule has 16 heavy (non-hydrogen) atoms. The summed E-state index contributed by atoms with van der Waals surface area (Å²) in [6.45, 7) is 7.75. The molecule has 3 heteroatoms. The first-order valence-electron chi connectivity index (χ1n) is 6.54. The van der Waals surface area contributed by atoms with Gasteiger partial charge in [0.25, 0.3) is 0 Å². The van der Waals surface area contributed by atoms with Gasteiger partial charge in [0.15, 0.2) is 0 Å². The Morgan fingerprint density at radius 1 is 1.31 bits per heavy atom. The van der Waals surface area contributed by atoms with E-state index in [0.29, 0.717) is 17.8 Å². The van der Waals surface area contributed by atoms with Crippen LogP contribution in [0.15, 0.2) is 0 Å². The summed E-state index contributed by atoms with van der Waals surface area (Å²) in [5, 5.41) is 3.08. The Morgan fingerprint density at radius 3 is 2.50 bits per heavy atom. The Kier molecular flexibility index (Phi) is 5.26. The maximum Gasteiger partial charge on any atom is 0.223 e. The number of carbonyl (C=O) groups is 1. The summed E-state index contributed by atoms with van der Waals surface area (Å²) < 4.78 is 0. The number of rotatable bonds is 5. The predicted molar refractivity (Wildman–Crippen MR) is 66.9 cm³/mol. The summed E-state index contributed by atoms with van der Waals surface area (Å²) in [6, 6.07) is 0. The van der Waals surface area contributed by atoms with E-state index >= 15 is 0 Å². The van der Waals surface area contributed by atoms with E-state index in [-0.39, 0.29) is 11.8 Å². The summed E-state index contributed by atoms with van der Waals surface area (Å²) in [7, 11) is 0. The van der Waals surface area contributed by atoms with E-state index in [4.69, 9.17) is 5.73 Å². The minimum Gasteiger partial charge on any atom is -0.356 e. The molecule has 0 heterocycles. The molecule has 3 N–H and O–H groups in total. The fourth-order valence-corrected chi connectivity index (χ4v) is 2.39. The van der Waals surface area contributed by atoms with Crippen molar-refractivity contribution in [2.75, 3.05) is 13.1 Å². The quantitative estimate of drug-likeness (QED) is 0.750. The van der Waals surface area contributed by atoms with Crippen LogP contribution >= 0.6 is 0 Å². The lowest BCUT2D eigenvalue weighted by atomic mass is 9.94. The van der Waals surface area contributed by atoms with Crippen LogP contribution in [0.1, 0.15) is 40.0 Å². The van der Waals surface area contributed by atoms with Crippen molar-refractivity contribution in [3.05, 3.63) is 0 Å². The molecule has 0 saturated heterocycles. The van der Waals surface area contributed by atoms with Crippen LogP contribution < -0.4 is 11.1 Å². The molecule has 3 atom stereocenters. The standard InChI is InChI=1S/C13H26N2O/c1-9(2)10(3)13(16)15-8-12-6-4-5-11(12)7-14/h9-12H,4-8,14H2,1-3H3,(H,15,16). The zero-order valence-electron chi connectivity index (χ0n) is 10.8. The highest BCUT2D eigenvalue weighted by atomic mass is 16.1. The third-order valence-electron chi connectivity index (χ3n) is 4.07. The molecule has 3 unspecified atom stereocenters. The largest absolute Gasteiger partial charge is 0.356 e. The summed E-state index contributed by atoms with van der Waals surface area (Å²) in [6.07, 6.45) is 3.72. The first-order chi connectivity index (χ1) is 7.56. The van der Waals surface area contributed by atoms with Gasteiger partial charge in [0.05, 0.1) is 0 Å². The second-order valence-electron chi connectivity index (χ2n) is 5.46. The molecule has 94 valence electrons. The topological polar surface area (TPSA) is 55.1 Å². The van der Waals surface area contributed by atoms with Crippen LogP contribution in [-0.2, 0) is 4.79 Å². The fraction of sp³-hybridized carbons (Fsp3) is 0.923. The van der Waals surface area contributed by atoms with Gasteiger partial charge in [-0.15, -0.1) is 0 Å². The van der Waals surface area contributed by atoms with Crippen LogP contribution in [0.25, 0.3) is 0 Å². The molecule has 0 radical (unpaired) electrons. The third-order valence-corrected chi connectivity index (χ3v) is 4.07. The molecule has 0 aliphatic heterocycles. The van der Waals surface area contributed by atoms with Crippen LogP contribution in [0.3, 0.4) is 0 Å². The molecule has 0 aromatic rings. The number of hydrogen-bond donors (Lipinski definition) is 2. The zero-order chi connectivity index (χ0) is 12.1. The number of carbonyl (C=O) groups excluding carboxylic acids is 1. The second kappa shape index (κ2) is 6.24. The van der Waals surface area contributed by atoms with E-state index in [9.17, 15) is 4.79 Å². The molecule has 1 aliphatic carbocycles. The lowest BCUT2D eigenvalue weighted by Crippen LogP contribution is -2.37. The van der Waals surface area contributed by atoms with Gasteiger partial charge in [-0.3, -0.25) is 4.79 Å². The second-order valence-corrected chi connectivity index (χ2v) is 5.46. The molecule has 1 fully saturated rings. The van der Waals surface area contributed by atoms with Gasteiger partial charge < -0.3 is 11.1 Å². The van der Waals surface area contributed by atoms with Gasteiger partial charge in [0.1, 0.15) is 0 Å². The molecule has 0 aromatic heterocycles. The van der Waals surface area contributed by atoms with Crippen molar-refractivity contribution in [2.24, 2.45) is 29.4 Å². The van der Waals surface area contributed by atoms with Gasteiger partial charge in [-0.25, -0.2) is 0 Å². The molecule has 1 amide bonds. The van der Waals surface area contributed by atoms with Crippen molar-refractivity contribution in [1.82, 2.24) is 5.32 Å². The average Bonchev–Trinajstić information content (AvgIpc) is 2.71. The highest BCUT2D eigenvalue weighted by molar-refractivity contribution is 5.78. The van der Waals surface area contributed by atoms with Crippen molar-refractivity contribution in [2.45, 2.75) is 40.0 Å². The lowest BCUT2D eigenvalue weighted by molar-refractivity contribution is -0.125. The first-order valence-corrected chi connectivity index (χ1v) is 6.54. The Bertz CT molecular complexity index is 228. The van der Waals surface area contributed by atoms with Crippen LogP contribution in [0.5, 0.6) is 0 Å². The summed E-state index contributed by atoms with van der Waals surface area (Å²) in [5.41, 5.74) is 5.73. The average molecular weight is 226 g/mol. The van der Waals surface area contributed by atoms with E-state index in [0.717, 1.165) is 13.1 Å². The van der Waals surface area contributed by atoms with Crippen LogP contribution in [-0.4, -0.2) is 19.0 Å². The number of amides is 1. The molecule has 3 nitrogen and oxygen atoms in total. The van der Waals surface area contributed by atoms with Gasteiger partial charge in [0.2, 0.25) is 5.91 Å². The highest BCUT2D eigenvalue weighted by Crippen LogP contribution is 2.30. The smallest absolute Gasteiger partial charge is 0.223 e. The van der Waals surface area contributed by atoms with Crippen molar-refractivity contribution >= 4 is 5.91 Å². The molecule has 0 aromatic carbocycles. The minimum absolute atomic E-state index is 0.109. The van der Waals surface area contributed by atoms with E-state index < -0.39 is 0 Å². The van der Waals surface area contributed by atoms with E-state index in [1.165, 1.54) is 19.3 Å². The number of nitrogens with one attached hydrogen (secondary N) is 1. The maximum atomic E-state index is 11.8. The van der Waals surface area contributed by atoms with E-state index in [2.05, 4.69) is 19.2 Å². The van der Waals surface area contributed by atoms with Crippen molar-refractivity contribution < 1.29 is 4.79 Å². The van der Waals surface area contributed by atoms with Crippen molar-refractivity contribution in [1.29, 1.82) is 0 Å². The Morgan fingerprint density at radius 2 is 1.94 bits per heavy atom. The lowest BCUT2D eigenvalue weighted by Gasteiger charge is -2.21. The monoisotopic (exact) mass is 226 g/mol. The Balaban J connectivity index is 2.31. The molecule has 0 bridgehead atoms. The van der Waals surface area contributed by atoms with E-state index in [1.807, 2.05) is 6.92 Å². The molecular weight excluding hydrogens is 200 g/mol. The zero-order valence-corrected chi connectivity index (χ0v) is 10.8. The fourth-order valence-electron chi connectivity index (χ4n) is 2.39. The molecule has 1 saturated carbocycles. The Labute approximate surface area is 99.2 Å². The summed E-state index contributed by atoms with van der Waals surface area (Å²) >= 11 is 0. The van der Waals surface area contributed by atoms with Gasteiger partial charge in [-0.1, -0.05) is 27.2 Å². The third kappa shape index (κ3) is 3.48. The summed E-state index contributed by atoms with van der Waals surface area (Å²) in [4.78, 5) is 11.8. The van der Waals surface area contributed by atoms with Crippen LogP contribution in [0.4, 0.5) is 0 Å². The molecule has 1 aliphatic rings. The normalized spacial score (nSPS) is 27.1. The van der Waals surface area contributed by atoms with Gasteiger partial charge in [-0.2, -0.15) is 0 Å². The maximum absolute atomic E-state index is 11.8. The van der Waals surface area contributed by atoms with Crippen LogP contribution in [0, 0.1) is 23.7 Å². The van der Waals surface area contributed by atoms with Gasteiger partial charge in [0, 0.05) is 12.5 Å².